The van der Waals surface area contributed by atoms with Crippen LogP contribution in [-0.2, 0) is 9.59 Å². The molecule has 0 aliphatic carbocycles. The summed E-state index contributed by atoms with van der Waals surface area (Å²) in [5.41, 5.74) is 2.08. The van der Waals surface area contributed by atoms with E-state index in [4.69, 9.17) is 23.8 Å². The van der Waals surface area contributed by atoms with Crippen molar-refractivity contribution in [2.45, 2.75) is 6.92 Å². The molecule has 5 nitrogen and oxygen atoms in total. The van der Waals surface area contributed by atoms with Gasteiger partial charge in [-0.25, -0.2) is 0 Å². The number of hydrogen-bond donors (Lipinski definition) is 2. The number of phenols is 1. The van der Waals surface area contributed by atoms with Gasteiger partial charge in [0.1, 0.15) is 16.6 Å². The fourth-order valence-corrected chi connectivity index (χ4v) is 3.91. The van der Waals surface area contributed by atoms with Crippen LogP contribution in [0.1, 0.15) is 11.1 Å². The maximum Gasteiger partial charge on any atom is 0.266 e. The number of rotatable bonds is 4. The first-order valence-corrected chi connectivity index (χ1v) is 9.54. The van der Waals surface area contributed by atoms with Gasteiger partial charge in [0, 0.05) is 16.3 Å². The number of aromatic hydroxyl groups is 1. The Kier molecular flexibility index (Phi) is 5.84. The van der Waals surface area contributed by atoms with Crippen molar-refractivity contribution in [1.82, 2.24) is 4.90 Å². The normalized spacial score (nSPS) is 15.5. The van der Waals surface area contributed by atoms with Crippen LogP contribution < -0.4 is 5.32 Å². The van der Waals surface area contributed by atoms with Crippen LogP contribution in [0.3, 0.4) is 0 Å². The van der Waals surface area contributed by atoms with Crippen LogP contribution in [0, 0.1) is 6.92 Å². The summed E-state index contributed by atoms with van der Waals surface area (Å²) in [4.78, 5) is 26.5. The van der Waals surface area contributed by atoms with Crippen LogP contribution in [0.2, 0.25) is 5.02 Å². The van der Waals surface area contributed by atoms with Crippen LogP contribution in [0.15, 0.2) is 47.4 Å². The number of thioether (sulfide) groups is 1. The van der Waals surface area contributed by atoms with E-state index < -0.39 is 0 Å². The smallest absolute Gasteiger partial charge is 0.266 e. The third kappa shape index (κ3) is 4.68. The summed E-state index contributed by atoms with van der Waals surface area (Å²) in [7, 11) is 0. The molecule has 0 bridgehead atoms. The van der Waals surface area contributed by atoms with Crippen LogP contribution in [0.4, 0.5) is 5.69 Å². The second kappa shape index (κ2) is 8.12. The Morgan fingerprint density at radius 2 is 2.11 bits per heavy atom. The summed E-state index contributed by atoms with van der Waals surface area (Å²) in [5, 5.41) is 13.1. The van der Waals surface area contributed by atoms with Gasteiger partial charge in [-0.1, -0.05) is 47.7 Å². The van der Waals surface area contributed by atoms with Crippen molar-refractivity contribution in [2.24, 2.45) is 0 Å². The molecule has 2 amide bonds. The van der Waals surface area contributed by atoms with Gasteiger partial charge in [-0.05, 0) is 48.9 Å². The number of carbonyl (C=O) groups is 2. The van der Waals surface area contributed by atoms with E-state index >= 15 is 0 Å². The molecule has 1 aliphatic rings. The Hall–Kier alpha value is -2.35. The van der Waals surface area contributed by atoms with Crippen LogP contribution in [-0.4, -0.2) is 32.7 Å². The molecule has 2 N–H and O–H groups in total. The Labute approximate surface area is 171 Å². The highest BCUT2D eigenvalue weighted by molar-refractivity contribution is 8.26. The molecule has 0 unspecified atom stereocenters. The van der Waals surface area contributed by atoms with Crippen molar-refractivity contribution < 1.29 is 14.7 Å². The lowest BCUT2D eigenvalue weighted by molar-refractivity contribution is -0.126. The number of aryl methyl sites for hydroxylation is 1. The number of amides is 2. The van der Waals surface area contributed by atoms with Crippen molar-refractivity contribution in [3.63, 3.8) is 0 Å². The zero-order valence-electron chi connectivity index (χ0n) is 14.2. The van der Waals surface area contributed by atoms with Gasteiger partial charge in [-0.15, -0.1) is 0 Å². The van der Waals surface area contributed by atoms with E-state index in [9.17, 15) is 14.7 Å². The first-order valence-electron chi connectivity index (χ1n) is 7.94. The lowest BCUT2D eigenvalue weighted by Crippen LogP contribution is -2.36. The predicted octanol–water partition coefficient (Wildman–Crippen LogP) is 4.19. The van der Waals surface area contributed by atoms with Gasteiger partial charge in [-0.2, -0.15) is 0 Å². The highest BCUT2D eigenvalue weighted by Crippen LogP contribution is 2.34. The largest absolute Gasteiger partial charge is 0.507 e. The highest BCUT2D eigenvalue weighted by atomic mass is 35.5. The number of nitrogens with one attached hydrogen (secondary N) is 1. The van der Waals surface area contributed by atoms with E-state index in [0.29, 0.717) is 21.2 Å². The average molecular weight is 419 g/mol. The van der Waals surface area contributed by atoms with Gasteiger partial charge in [0.2, 0.25) is 5.91 Å². The van der Waals surface area contributed by atoms with E-state index in [0.717, 1.165) is 17.3 Å². The molecule has 0 saturated carbocycles. The van der Waals surface area contributed by atoms with E-state index in [-0.39, 0.29) is 28.4 Å². The second-order valence-corrected chi connectivity index (χ2v) is 8.00. The number of benzene rings is 2. The summed E-state index contributed by atoms with van der Waals surface area (Å²) in [6, 6.07) is 11.9. The summed E-state index contributed by atoms with van der Waals surface area (Å²) in [6.45, 7) is 1.74. The molecular formula is C19H15ClN2O3S2. The summed E-state index contributed by atoms with van der Waals surface area (Å²) < 4.78 is 0.284. The van der Waals surface area contributed by atoms with E-state index in [1.165, 1.54) is 17.0 Å². The molecule has 0 spiro atoms. The molecule has 2 aromatic rings. The molecule has 0 radical (unpaired) electrons. The number of halogens is 1. The maximum atomic E-state index is 12.6. The van der Waals surface area contributed by atoms with Crippen molar-refractivity contribution in [1.29, 1.82) is 0 Å². The fraction of sp³-hybridized carbons (Fsp3) is 0.105. The quantitative estimate of drug-likeness (QED) is 0.575. The SMILES string of the molecule is Cc1cccc(NC(=O)CN2C(=O)/C(=C/c3cc(Cl)ccc3O)SC2=S)c1. The average Bonchev–Trinajstić information content (AvgIpc) is 2.85. The number of nitrogens with zero attached hydrogens (tertiary/aromatic N) is 1. The highest BCUT2D eigenvalue weighted by Gasteiger charge is 2.33. The number of thiocarbonyl (C=S) groups is 1. The first-order chi connectivity index (χ1) is 12.8. The molecule has 2 aromatic carbocycles. The molecule has 3 rings (SSSR count). The van der Waals surface area contributed by atoms with Crippen LogP contribution in [0.5, 0.6) is 5.75 Å². The molecule has 1 aliphatic heterocycles. The summed E-state index contributed by atoms with van der Waals surface area (Å²) >= 11 is 12.2. The van der Waals surface area contributed by atoms with Gasteiger partial charge in [0.25, 0.3) is 5.91 Å². The minimum Gasteiger partial charge on any atom is -0.507 e. The van der Waals surface area contributed by atoms with Gasteiger partial charge in [-0.3, -0.25) is 14.5 Å². The van der Waals surface area contributed by atoms with E-state index in [2.05, 4.69) is 5.32 Å². The standard InChI is InChI=1S/C19H15ClN2O3S2/c1-11-3-2-4-14(7-11)21-17(24)10-22-18(25)16(27-19(22)26)9-12-8-13(20)5-6-15(12)23/h2-9,23H,10H2,1H3,(H,21,24)/b16-9-. The molecule has 1 heterocycles. The third-order valence-corrected chi connectivity index (χ3v) is 5.37. The lowest BCUT2D eigenvalue weighted by atomic mass is 10.2. The zero-order valence-corrected chi connectivity index (χ0v) is 16.6. The fourth-order valence-electron chi connectivity index (χ4n) is 2.49. The molecule has 1 saturated heterocycles. The van der Waals surface area contributed by atoms with Gasteiger partial charge >= 0.3 is 0 Å². The Balaban J connectivity index is 1.73. The minimum absolute atomic E-state index is 0.00172. The van der Waals surface area contributed by atoms with Crippen molar-refractivity contribution in [3.8, 4) is 5.75 Å². The number of phenolic OH excluding ortho intramolecular Hbond substituents is 1. The Bertz CT molecular complexity index is 975. The van der Waals surface area contributed by atoms with Gasteiger partial charge in [0.05, 0.1) is 4.91 Å². The maximum absolute atomic E-state index is 12.6. The van der Waals surface area contributed by atoms with Gasteiger partial charge in [0.15, 0.2) is 0 Å². The Morgan fingerprint density at radius 3 is 2.85 bits per heavy atom. The van der Waals surface area contributed by atoms with Crippen molar-refractivity contribution in [3.05, 3.63) is 63.5 Å². The molecule has 0 atom stereocenters. The van der Waals surface area contributed by atoms with Crippen molar-refractivity contribution in [2.75, 3.05) is 11.9 Å². The topological polar surface area (TPSA) is 69.6 Å². The molecular weight excluding hydrogens is 404 g/mol. The lowest BCUT2D eigenvalue weighted by Gasteiger charge is -2.14. The van der Waals surface area contributed by atoms with E-state index in [1.807, 2.05) is 25.1 Å². The zero-order chi connectivity index (χ0) is 19.6. The summed E-state index contributed by atoms with van der Waals surface area (Å²) in [6.07, 6.45) is 1.51. The van der Waals surface area contributed by atoms with E-state index in [1.54, 1.807) is 18.2 Å². The Morgan fingerprint density at radius 1 is 1.33 bits per heavy atom. The molecule has 27 heavy (non-hydrogen) atoms. The minimum atomic E-state index is -0.385. The van der Waals surface area contributed by atoms with Crippen LogP contribution in [0.25, 0.3) is 6.08 Å². The molecule has 0 aromatic heterocycles. The van der Waals surface area contributed by atoms with Crippen LogP contribution >= 0.6 is 35.6 Å². The number of carbonyl (C=O) groups excluding carboxylic acids is 2. The monoisotopic (exact) mass is 418 g/mol. The number of anilines is 1. The first kappa shape index (κ1) is 19.4. The summed E-state index contributed by atoms with van der Waals surface area (Å²) in [5.74, 6) is -0.727. The number of hydrogen-bond acceptors (Lipinski definition) is 5. The third-order valence-electron chi connectivity index (χ3n) is 3.75. The second-order valence-electron chi connectivity index (χ2n) is 5.89. The predicted molar refractivity (Wildman–Crippen MR) is 113 cm³/mol. The molecule has 138 valence electrons. The van der Waals surface area contributed by atoms with Gasteiger partial charge < -0.3 is 10.4 Å². The molecule has 8 heteroatoms. The van der Waals surface area contributed by atoms with Crippen molar-refractivity contribution >= 4 is 63.5 Å². The molecule has 1 fully saturated rings.